The minimum atomic E-state index is -4.13. The average Bonchev–Trinajstić information content (AvgIpc) is 3.79. The number of nitrogens with zero attached hydrogens (tertiary/aromatic N) is 1. The second kappa shape index (κ2) is 16.2. The van der Waals surface area contributed by atoms with E-state index in [-0.39, 0.29) is 49.4 Å². The standard InChI is InChI=1S/C31H39N4O10P/c1-42-27(36)15-18-33-29(38)21-7-11-23(12-8-21)44-46(41,26-6-4-20-35(26)31(40)25-5-3-17-32-25)45-24-13-9-22(10-14-24)30(39)34-19-16-28(37)43-2/h7-14,25-26,32H,3-6,15-20H2,1-2H3,(H,33,38)(H,34,39). The van der Waals surface area contributed by atoms with Gasteiger partial charge in [0.05, 0.1) is 33.1 Å². The van der Waals surface area contributed by atoms with Crippen LogP contribution >= 0.6 is 7.60 Å². The van der Waals surface area contributed by atoms with Gasteiger partial charge in [0, 0.05) is 30.8 Å². The van der Waals surface area contributed by atoms with E-state index in [2.05, 4.69) is 25.4 Å². The molecule has 248 valence electrons. The third-order valence-electron chi connectivity index (χ3n) is 7.61. The van der Waals surface area contributed by atoms with Gasteiger partial charge in [-0.2, -0.15) is 0 Å². The van der Waals surface area contributed by atoms with Gasteiger partial charge in [0.2, 0.25) is 5.91 Å². The number of hydrogen-bond acceptors (Lipinski definition) is 11. The van der Waals surface area contributed by atoms with E-state index in [9.17, 15) is 28.5 Å². The third-order valence-corrected chi connectivity index (χ3v) is 9.81. The van der Waals surface area contributed by atoms with Crippen LogP contribution in [0.5, 0.6) is 11.5 Å². The summed E-state index contributed by atoms with van der Waals surface area (Å²) in [7, 11) is -1.60. The van der Waals surface area contributed by atoms with E-state index in [1.54, 1.807) is 4.90 Å². The average molecular weight is 659 g/mol. The molecule has 2 aliphatic rings. The van der Waals surface area contributed by atoms with Crippen molar-refractivity contribution >= 4 is 37.3 Å². The highest BCUT2D eigenvalue weighted by Crippen LogP contribution is 2.57. The highest BCUT2D eigenvalue weighted by Gasteiger charge is 2.49. The van der Waals surface area contributed by atoms with Crippen LogP contribution in [0.1, 0.15) is 59.2 Å². The van der Waals surface area contributed by atoms with Gasteiger partial charge in [-0.3, -0.25) is 24.0 Å². The van der Waals surface area contributed by atoms with Gasteiger partial charge >= 0.3 is 19.5 Å². The Morgan fingerprint density at radius 1 is 0.783 bits per heavy atom. The number of amides is 3. The normalized spacial score (nSPS) is 17.6. The van der Waals surface area contributed by atoms with E-state index in [1.807, 2.05) is 0 Å². The van der Waals surface area contributed by atoms with Gasteiger partial charge in [0.25, 0.3) is 11.8 Å². The summed E-state index contributed by atoms with van der Waals surface area (Å²) in [6.45, 7) is 1.32. The van der Waals surface area contributed by atoms with Crippen LogP contribution < -0.4 is 25.0 Å². The Bertz CT molecular complexity index is 1360. The number of nitrogens with one attached hydrogen (secondary N) is 3. The van der Waals surface area contributed by atoms with Crippen molar-refractivity contribution in [3.05, 3.63) is 59.7 Å². The van der Waals surface area contributed by atoms with Crippen LogP contribution in [0.3, 0.4) is 0 Å². The summed E-state index contributed by atoms with van der Waals surface area (Å²) in [5.74, 6) is -2.44. The first-order valence-corrected chi connectivity index (χ1v) is 16.7. The molecule has 2 unspecified atom stereocenters. The first-order chi connectivity index (χ1) is 22.1. The molecular weight excluding hydrogens is 619 g/mol. The van der Waals surface area contributed by atoms with Crippen LogP contribution in [0.25, 0.3) is 0 Å². The molecule has 4 rings (SSSR count). The van der Waals surface area contributed by atoms with Crippen LogP contribution in [0.2, 0.25) is 0 Å². The zero-order chi connectivity index (χ0) is 33.1. The molecule has 0 aliphatic carbocycles. The van der Waals surface area contributed by atoms with E-state index >= 15 is 0 Å². The maximum atomic E-state index is 14.7. The molecule has 3 amide bonds. The lowest BCUT2D eigenvalue weighted by Gasteiger charge is -2.32. The third kappa shape index (κ3) is 9.07. The SMILES string of the molecule is COC(=O)CCNC(=O)c1ccc(OP(=O)(Oc2ccc(C(=O)NCCC(=O)OC)cc2)C2CCCN2C(=O)C2CCCN2)cc1. The number of carbonyl (C=O) groups excluding carboxylic acids is 5. The van der Waals surface area contributed by atoms with Gasteiger partial charge in [0.1, 0.15) is 11.5 Å². The molecule has 14 nitrogen and oxygen atoms in total. The summed E-state index contributed by atoms with van der Waals surface area (Å²) >= 11 is 0. The van der Waals surface area contributed by atoms with Gasteiger partial charge in [0.15, 0.2) is 5.78 Å². The van der Waals surface area contributed by atoms with Crippen molar-refractivity contribution in [1.82, 2.24) is 20.9 Å². The number of methoxy groups -OCH3 is 2. The zero-order valence-corrected chi connectivity index (χ0v) is 26.7. The molecule has 2 atom stereocenters. The fraction of sp³-hybridized carbons (Fsp3) is 0.452. The molecular formula is C31H39N4O10P. The zero-order valence-electron chi connectivity index (χ0n) is 25.8. The van der Waals surface area contributed by atoms with Gasteiger partial charge in [-0.05, 0) is 80.8 Å². The fourth-order valence-electron chi connectivity index (χ4n) is 5.16. The summed E-state index contributed by atoms with van der Waals surface area (Å²) in [5, 5.41) is 8.45. The van der Waals surface area contributed by atoms with Crippen molar-refractivity contribution in [2.24, 2.45) is 0 Å². The molecule has 2 aromatic rings. The smallest absolute Gasteiger partial charge is 0.453 e. The topological polar surface area (TPSA) is 179 Å². The maximum absolute atomic E-state index is 14.7. The lowest BCUT2D eigenvalue weighted by molar-refractivity contribution is -0.141. The first-order valence-electron chi connectivity index (χ1n) is 15.1. The Morgan fingerprint density at radius 3 is 1.72 bits per heavy atom. The Hall–Kier alpha value is -4.42. The highest BCUT2D eigenvalue weighted by atomic mass is 31.2. The van der Waals surface area contributed by atoms with E-state index in [0.29, 0.717) is 36.9 Å². The molecule has 0 spiro atoms. The van der Waals surface area contributed by atoms with Crippen molar-refractivity contribution in [3.63, 3.8) is 0 Å². The Labute approximate surface area is 267 Å². The predicted molar refractivity (Wildman–Crippen MR) is 165 cm³/mol. The maximum Gasteiger partial charge on any atom is 0.453 e. The van der Waals surface area contributed by atoms with Gasteiger partial charge in [-0.25, -0.2) is 4.57 Å². The molecule has 0 radical (unpaired) electrons. The molecule has 15 heteroatoms. The Morgan fingerprint density at radius 2 is 1.28 bits per heavy atom. The van der Waals surface area contributed by atoms with Crippen LogP contribution in [0, 0.1) is 0 Å². The summed E-state index contributed by atoms with van der Waals surface area (Å²) in [5.41, 5.74) is 0.580. The minimum Gasteiger partial charge on any atom is -0.469 e. The van der Waals surface area contributed by atoms with Gasteiger partial charge in [-0.15, -0.1) is 0 Å². The van der Waals surface area contributed by atoms with E-state index in [1.165, 1.54) is 62.8 Å². The summed E-state index contributed by atoms with van der Waals surface area (Å²) in [6.07, 6.45) is 2.59. The number of likely N-dealkylation sites (tertiary alicyclic amines) is 1. The van der Waals surface area contributed by atoms with E-state index in [0.717, 1.165) is 13.0 Å². The molecule has 2 saturated heterocycles. The molecule has 2 aliphatic heterocycles. The second-order valence-corrected chi connectivity index (χ2v) is 12.8. The number of rotatable bonds is 14. The van der Waals surface area contributed by atoms with Crippen LogP contribution in [0.15, 0.2) is 48.5 Å². The molecule has 2 heterocycles. The Balaban J connectivity index is 1.51. The quantitative estimate of drug-likeness (QED) is 0.201. The van der Waals surface area contributed by atoms with Crippen LogP contribution in [-0.4, -0.2) is 86.8 Å². The van der Waals surface area contributed by atoms with Crippen molar-refractivity contribution in [2.75, 3.05) is 40.4 Å². The first kappa shape index (κ1) is 34.5. The molecule has 2 aromatic carbocycles. The monoisotopic (exact) mass is 658 g/mol. The molecule has 0 aromatic heterocycles. The number of carbonyl (C=O) groups is 5. The van der Waals surface area contributed by atoms with Crippen molar-refractivity contribution in [2.45, 2.75) is 50.3 Å². The number of ether oxygens (including phenoxy) is 2. The van der Waals surface area contributed by atoms with Crippen molar-refractivity contribution < 1.29 is 47.1 Å². The van der Waals surface area contributed by atoms with Crippen LogP contribution in [-0.2, 0) is 28.4 Å². The molecule has 0 bridgehead atoms. The lowest BCUT2D eigenvalue weighted by atomic mass is 10.2. The van der Waals surface area contributed by atoms with Gasteiger partial charge < -0.3 is 39.4 Å². The molecule has 3 N–H and O–H groups in total. The fourth-order valence-corrected chi connectivity index (χ4v) is 7.34. The number of hydrogen-bond donors (Lipinski definition) is 3. The summed E-state index contributed by atoms with van der Waals surface area (Å²) < 4.78 is 36.0. The van der Waals surface area contributed by atoms with Crippen molar-refractivity contribution in [1.29, 1.82) is 0 Å². The largest absolute Gasteiger partial charge is 0.469 e. The molecule has 2 fully saturated rings. The second-order valence-electron chi connectivity index (χ2n) is 10.7. The molecule has 46 heavy (non-hydrogen) atoms. The van der Waals surface area contributed by atoms with E-state index in [4.69, 9.17) is 9.05 Å². The highest BCUT2D eigenvalue weighted by molar-refractivity contribution is 7.55. The van der Waals surface area contributed by atoms with Gasteiger partial charge in [-0.1, -0.05) is 0 Å². The summed E-state index contributed by atoms with van der Waals surface area (Å²) in [4.78, 5) is 62.6. The predicted octanol–water partition coefficient (Wildman–Crippen LogP) is 2.62. The van der Waals surface area contributed by atoms with Crippen LogP contribution in [0.4, 0.5) is 0 Å². The van der Waals surface area contributed by atoms with Crippen molar-refractivity contribution in [3.8, 4) is 11.5 Å². The lowest BCUT2D eigenvalue weighted by Crippen LogP contribution is -2.46. The minimum absolute atomic E-state index is 0.0258. The molecule has 0 saturated carbocycles. The number of benzene rings is 2. The Kier molecular flexibility index (Phi) is 12.2. The number of esters is 2. The van der Waals surface area contributed by atoms with E-state index < -0.39 is 37.1 Å². The summed E-state index contributed by atoms with van der Waals surface area (Å²) in [6, 6.07) is 11.5.